The summed E-state index contributed by atoms with van der Waals surface area (Å²) in [6.45, 7) is 1.99. The lowest BCUT2D eigenvalue weighted by Crippen LogP contribution is -1.95. The van der Waals surface area contributed by atoms with Crippen LogP contribution >= 0.6 is 0 Å². The van der Waals surface area contributed by atoms with E-state index in [0.29, 0.717) is 11.5 Å². The van der Waals surface area contributed by atoms with Crippen molar-refractivity contribution in [3.05, 3.63) is 47.9 Å². The van der Waals surface area contributed by atoms with Gasteiger partial charge < -0.3 is 5.73 Å². The highest BCUT2D eigenvalue weighted by Crippen LogP contribution is 2.20. The Balaban J connectivity index is 2.22. The van der Waals surface area contributed by atoms with Crippen LogP contribution in [-0.2, 0) is 0 Å². The predicted molar refractivity (Wildman–Crippen MR) is 67.5 cm³/mol. The molecule has 0 aliphatic carbocycles. The van der Waals surface area contributed by atoms with Gasteiger partial charge in [0.05, 0.1) is 11.9 Å². The number of benzene rings is 1. The molecule has 0 spiro atoms. The summed E-state index contributed by atoms with van der Waals surface area (Å²) in [6.07, 6.45) is 1.26. The van der Waals surface area contributed by atoms with Crippen molar-refractivity contribution in [1.29, 1.82) is 0 Å². The third-order valence-electron chi connectivity index (χ3n) is 2.70. The van der Waals surface area contributed by atoms with E-state index in [1.54, 1.807) is 0 Å². The zero-order valence-corrected chi connectivity index (χ0v) is 9.76. The maximum Gasteiger partial charge on any atom is 0.182 e. The molecule has 0 saturated carbocycles. The minimum absolute atomic E-state index is 0.279. The maximum absolute atomic E-state index is 13.2. The topological polar surface area (TPSA) is 56.2 Å². The summed E-state index contributed by atoms with van der Waals surface area (Å²) in [5, 5.41) is 4.23. The first-order valence-corrected chi connectivity index (χ1v) is 5.52. The number of aromatic nitrogens is 3. The third kappa shape index (κ3) is 1.69. The molecule has 2 aromatic heterocycles. The molecule has 0 atom stereocenters. The van der Waals surface area contributed by atoms with Crippen molar-refractivity contribution in [1.82, 2.24) is 14.6 Å². The van der Waals surface area contributed by atoms with Crippen molar-refractivity contribution in [3.63, 3.8) is 0 Å². The van der Waals surface area contributed by atoms with E-state index in [0.717, 1.165) is 11.1 Å². The highest BCUT2D eigenvalue weighted by atomic mass is 19.1. The summed E-state index contributed by atoms with van der Waals surface area (Å²) in [5.74, 6) is 0.108. The molecule has 90 valence electrons. The van der Waals surface area contributed by atoms with Gasteiger partial charge in [-0.15, -0.1) is 5.10 Å². The molecule has 0 amide bonds. The van der Waals surface area contributed by atoms with Crippen LogP contribution in [0.4, 0.5) is 10.1 Å². The largest absolute Gasteiger partial charge is 0.396 e. The van der Waals surface area contributed by atoms with Crippen LogP contribution in [0.2, 0.25) is 0 Å². The fourth-order valence-corrected chi connectivity index (χ4v) is 1.88. The molecule has 0 aliphatic rings. The van der Waals surface area contributed by atoms with Crippen molar-refractivity contribution in [2.24, 2.45) is 0 Å². The molecule has 0 aliphatic heterocycles. The van der Waals surface area contributed by atoms with E-state index in [-0.39, 0.29) is 5.69 Å². The normalized spacial score (nSPS) is 11.0. The quantitative estimate of drug-likeness (QED) is 0.713. The van der Waals surface area contributed by atoms with E-state index in [2.05, 4.69) is 10.1 Å². The van der Waals surface area contributed by atoms with Crippen molar-refractivity contribution in [2.75, 3.05) is 5.73 Å². The number of aryl methyl sites for hydroxylation is 1. The van der Waals surface area contributed by atoms with Crippen LogP contribution in [0, 0.1) is 12.7 Å². The second-order valence-electron chi connectivity index (χ2n) is 4.19. The number of anilines is 1. The van der Waals surface area contributed by atoms with Crippen LogP contribution in [0.5, 0.6) is 0 Å². The van der Waals surface area contributed by atoms with Crippen molar-refractivity contribution < 1.29 is 4.39 Å². The van der Waals surface area contributed by atoms with E-state index in [9.17, 15) is 4.39 Å². The van der Waals surface area contributed by atoms with Crippen LogP contribution in [-0.4, -0.2) is 14.6 Å². The molecule has 2 heterocycles. The minimum Gasteiger partial charge on any atom is -0.396 e. The molecule has 5 heteroatoms. The number of nitrogens with two attached hydrogens (primary N) is 1. The Morgan fingerprint density at radius 2 is 2.11 bits per heavy atom. The smallest absolute Gasteiger partial charge is 0.182 e. The van der Waals surface area contributed by atoms with Gasteiger partial charge in [-0.05, 0) is 13.0 Å². The van der Waals surface area contributed by atoms with E-state index in [1.807, 2.05) is 31.2 Å². The molecule has 18 heavy (non-hydrogen) atoms. The van der Waals surface area contributed by atoms with Gasteiger partial charge in [-0.25, -0.2) is 13.9 Å². The van der Waals surface area contributed by atoms with Crippen LogP contribution in [0.25, 0.3) is 17.0 Å². The van der Waals surface area contributed by atoms with Gasteiger partial charge in [0, 0.05) is 11.6 Å². The Morgan fingerprint density at radius 1 is 1.28 bits per heavy atom. The van der Waals surface area contributed by atoms with Crippen LogP contribution in [0.1, 0.15) is 5.56 Å². The second-order valence-corrected chi connectivity index (χ2v) is 4.19. The molecule has 2 N–H and O–H groups in total. The molecule has 1 aromatic carbocycles. The lowest BCUT2D eigenvalue weighted by molar-refractivity contribution is 0.615. The predicted octanol–water partition coefficient (Wildman–Crippen LogP) is 2.43. The summed E-state index contributed by atoms with van der Waals surface area (Å²) in [4.78, 5) is 4.32. The highest BCUT2D eigenvalue weighted by Gasteiger charge is 2.09. The Hall–Kier alpha value is -2.43. The number of hydrogen-bond donors (Lipinski definition) is 1. The van der Waals surface area contributed by atoms with Gasteiger partial charge in [-0.1, -0.05) is 23.8 Å². The molecular formula is C13H11FN4. The maximum atomic E-state index is 13.2. The number of hydrogen-bond acceptors (Lipinski definition) is 3. The molecular weight excluding hydrogens is 231 g/mol. The highest BCUT2D eigenvalue weighted by molar-refractivity contribution is 5.68. The number of fused-ring (bicyclic) bond motifs is 1. The molecule has 4 nitrogen and oxygen atoms in total. The van der Waals surface area contributed by atoms with E-state index >= 15 is 0 Å². The molecule has 0 radical (unpaired) electrons. The fraction of sp³-hybridized carbons (Fsp3) is 0.0769. The van der Waals surface area contributed by atoms with Gasteiger partial charge >= 0.3 is 0 Å². The fourth-order valence-electron chi connectivity index (χ4n) is 1.88. The molecule has 0 unspecified atom stereocenters. The third-order valence-corrected chi connectivity index (χ3v) is 2.70. The van der Waals surface area contributed by atoms with Crippen molar-refractivity contribution in [2.45, 2.75) is 6.92 Å². The zero-order chi connectivity index (χ0) is 12.7. The van der Waals surface area contributed by atoms with Crippen LogP contribution < -0.4 is 5.73 Å². The number of pyridine rings is 1. The molecule has 3 rings (SSSR count). The van der Waals surface area contributed by atoms with E-state index in [1.165, 1.54) is 16.8 Å². The van der Waals surface area contributed by atoms with Crippen LogP contribution in [0.3, 0.4) is 0 Å². The molecule has 0 saturated heterocycles. The SMILES string of the molecule is Cc1cccc(-c2nc3c(N)cc(F)cn3n2)c1. The van der Waals surface area contributed by atoms with E-state index in [4.69, 9.17) is 5.73 Å². The minimum atomic E-state index is -0.430. The second kappa shape index (κ2) is 3.80. The lowest BCUT2D eigenvalue weighted by atomic mass is 10.1. The van der Waals surface area contributed by atoms with E-state index < -0.39 is 5.82 Å². The average Bonchev–Trinajstić information content (AvgIpc) is 2.73. The number of halogens is 1. The van der Waals surface area contributed by atoms with Gasteiger partial charge in [-0.2, -0.15) is 0 Å². The van der Waals surface area contributed by atoms with Crippen molar-refractivity contribution >= 4 is 11.3 Å². The van der Waals surface area contributed by atoms with Gasteiger partial charge in [0.15, 0.2) is 11.5 Å². The summed E-state index contributed by atoms with van der Waals surface area (Å²) in [6, 6.07) is 9.05. The standard InChI is InChI=1S/C13H11FN4/c1-8-3-2-4-9(5-8)12-16-13-11(15)6-10(14)7-18(13)17-12/h2-7H,15H2,1H3. The Kier molecular flexibility index (Phi) is 2.26. The van der Waals surface area contributed by atoms with Crippen molar-refractivity contribution in [3.8, 4) is 11.4 Å². The van der Waals surface area contributed by atoms with Gasteiger partial charge in [0.25, 0.3) is 0 Å². The van der Waals surface area contributed by atoms with Gasteiger partial charge in [-0.3, -0.25) is 0 Å². The zero-order valence-electron chi connectivity index (χ0n) is 9.76. The molecule has 0 fully saturated rings. The Labute approximate surface area is 103 Å². The molecule has 3 aromatic rings. The number of nitrogen functional groups attached to an aromatic ring is 1. The summed E-state index contributed by atoms with van der Waals surface area (Å²) in [5.41, 5.74) is 8.46. The summed E-state index contributed by atoms with van der Waals surface area (Å²) in [7, 11) is 0. The Bertz CT molecular complexity index is 733. The first kappa shape index (κ1) is 10.7. The first-order chi connectivity index (χ1) is 8.63. The number of rotatable bonds is 1. The van der Waals surface area contributed by atoms with Gasteiger partial charge in [0.2, 0.25) is 0 Å². The summed E-state index contributed by atoms with van der Waals surface area (Å²) >= 11 is 0. The van der Waals surface area contributed by atoms with Gasteiger partial charge in [0.1, 0.15) is 5.82 Å². The average molecular weight is 242 g/mol. The molecule has 0 bridgehead atoms. The first-order valence-electron chi connectivity index (χ1n) is 5.52. The summed E-state index contributed by atoms with van der Waals surface area (Å²) < 4.78 is 14.6. The van der Waals surface area contributed by atoms with Crippen LogP contribution in [0.15, 0.2) is 36.5 Å². The Morgan fingerprint density at radius 3 is 2.89 bits per heavy atom. The lowest BCUT2D eigenvalue weighted by Gasteiger charge is -1.95. The monoisotopic (exact) mass is 242 g/mol. The number of nitrogens with zero attached hydrogens (tertiary/aromatic N) is 3.